The van der Waals surface area contributed by atoms with Crippen molar-refractivity contribution in [1.82, 2.24) is 0 Å². The lowest BCUT2D eigenvalue weighted by Gasteiger charge is -2.28. The van der Waals surface area contributed by atoms with Gasteiger partial charge in [-0.15, -0.1) is 0 Å². The highest BCUT2D eigenvalue weighted by molar-refractivity contribution is 5.37. The Morgan fingerprint density at radius 1 is 0.794 bits per heavy atom. The SMILES string of the molecule is CCOC(C)(CC)CCOCC(O)COCC(O)COc1cc(C(F)(F)F)cc(C(F)(F)F)c1. The zero-order chi connectivity index (χ0) is 26.0. The van der Waals surface area contributed by atoms with E-state index in [-0.39, 0.29) is 31.5 Å². The largest absolute Gasteiger partial charge is 0.491 e. The first-order valence-corrected chi connectivity index (χ1v) is 10.8. The molecule has 0 amide bonds. The molecule has 0 aliphatic heterocycles. The molecule has 0 aromatic heterocycles. The third-order valence-corrected chi connectivity index (χ3v) is 4.95. The van der Waals surface area contributed by atoms with Crippen LogP contribution >= 0.6 is 0 Å². The summed E-state index contributed by atoms with van der Waals surface area (Å²) in [7, 11) is 0. The molecule has 12 heteroatoms. The fourth-order valence-electron chi connectivity index (χ4n) is 2.85. The highest BCUT2D eigenvalue weighted by Gasteiger charge is 2.37. The Balaban J connectivity index is 2.42. The van der Waals surface area contributed by atoms with E-state index in [0.717, 1.165) is 6.42 Å². The molecular formula is C22H32F6O6. The van der Waals surface area contributed by atoms with Gasteiger partial charge in [-0.25, -0.2) is 0 Å². The molecule has 198 valence electrons. The summed E-state index contributed by atoms with van der Waals surface area (Å²) in [6.07, 6.45) is -10.9. The van der Waals surface area contributed by atoms with E-state index in [1.54, 1.807) is 0 Å². The second-order valence-electron chi connectivity index (χ2n) is 7.96. The summed E-state index contributed by atoms with van der Waals surface area (Å²) in [6, 6.07) is 0.813. The third-order valence-electron chi connectivity index (χ3n) is 4.95. The van der Waals surface area contributed by atoms with Gasteiger partial charge in [0.2, 0.25) is 0 Å². The Bertz CT molecular complexity index is 695. The van der Waals surface area contributed by atoms with Crippen LogP contribution in [0.3, 0.4) is 0 Å². The molecular weight excluding hydrogens is 474 g/mol. The molecule has 1 rings (SSSR count). The number of ether oxygens (including phenoxy) is 4. The van der Waals surface area contributed by atoms with E-state index in [9.17, 15) is 36.6 Å². The van der Waals surface area contributed by atoms with Crippen LogP contribution in [0.15, 0.2) is 18.2 Å². The van der Waals surface area contributed by atoms with Gasteiger partial charge in [0.15, 0.2) is 0 Å². The van der Waals surface area contributed by atoms with Crippen LogP contribution in [0.1, 0.15) is 44.7 Å². The van der Waals surface area contributed by atoms with E-state index in [0.29, 0.717) is 31.8 Å². The van der Waals surface area contributed by atoms with Gasteiger partial charge in [-0.2, -0.15) is 26.3 Å². The van der Waals surface area contributed by atoms with Gasteiger partial charge in [0, 0.05) is 13.2 Å². The Hall–Kier alpha value is -1.60. The zero-order valence-corrected chi connectivity index (χ0v) is 19.3. The molecule has 6 nitrogen and oxygen atoms in total. The van der Waals surface area contributed by atoms with Crippen LogP contribution in [0.25, 0.3) is 0 Å². The molecule has 0 saturated heterocycles. The number of halogens is 6. The predicted molar refractivity (Wildman–Crippen MR) is 111 cm³/mol. The van der Waals surface area contributed by atoms with Crippen LogP contribution in [0.4, 0.5) is 26.3 Å². The van der Waals surface area contributed by atoms with Gasteiger partial charge in [0.25, 0.3) is 0 Å². The maximum Gasteiger partial charge on any atom is 0.416 e. The van der Waals surface area contributed by atoms with Crippen molar-refractivity contribution in [2.45, 2.75) is 63.8 Å². The van der Waals surface area contributed by atoms with E-state index in [1.165, 1.54) is 0 Å². The second-order valence-corrected chi connectivity index (χ2v) is 7.96. The average molecular weight is 506 g/mol. The smallest absolute Gasteiger partial charge is 0.416 e. The molecule has 0 aliphatic carbocycles. The Kier molecular flexibility index (Phi) is 12.1. The highest BCUT2D eigenvalue weighted by Crippen LogP contribution is 2.38. The number of hydrogen-bond acceptors (Lipinski definition) is 6. The zero-order valence-electron chi connectivity index (χ0n) is 19.3. The molecule has 0 saturated carbocycles. The number of alkyl halides is 6. The Morgan fingerprint density at radius 3 is 1.76 bits per heavy atom. The molecule has 34 heavy (non-hydrogen) atoms. The van der Waals surface area contributed by atoms with Gasteiger partial charge in [-0.3, -0.25) is 0 Å². The van der Waals surface area contributed by atoms with Crippen molar-refractivity contribution in [1.29, 1.82) is 0 Å². The topological polar surface area (TPSA) is 77.4 Å². The first-order chi connectivity index (χ1) is 15.7. The van der Waals surface area contributed by atoms with Crippen LogP contribution in [-0.2, 0) is 26.6 Å². The van der Waals surface area contributed by atoms with Crippen LogP contribution in [0.5, 0.6) is 5.75 Å². The number of hydrogen-bond donors (Lipinski definition) is 2. The molecule has 3 unspecified atom stereocenters. The highest BCUT2D eigenvalue weighted by atomic mass is 19.4. The second kappa shape index (κ2) is 13.5. The van der Waals surface area contributed by atoms with Gasteiger partial charge in [0.1, 0.15) is 24.6 Å². The summed E-state index contributed by atoms with van der Waals surface area (Å²) in [6.45, 7) is 5.59. The lowest BCUT2D eigenvalue weighted by Crippen LogP contribution is -2.31. The van der Waals surface area contributed by atoms with Gasteiger partial charge >= 0.3 is 12.4 Å². The summed E-state index contributed by atoms with van der Waals surface area (Å²) in [5.74, 6) is -0.694. The number of aliphatic hydroxyl groups excluding tert-OH is 2. The van der Waals surface area contributed by atoms with Crippen LogP contribution in [-0.4, -0.2) is 67.7 Å². The van der Waals surface area contributed by atoms with E-state index in [1.807, 2.05) is 20.8 Å². The van der Waals surface area contributed by atoms with Gasteiger partial charge in [-0.05, 0) is 44.9 Å². The summed E-state index contributed by atoms with van der Waals surface area (Å²) in [4.78, 5) is 0. The molecule has 0 aliphatic rings. The fraction of sp³-hybridized carbons (Fsp3) is 0.727. The average Bonchev–Trinajstić information content (AvgIpc) is 2.74. The van der Waals surface area contributed by atoms with Crippen molar-refractivity contribution in [2.24, 2.45) is 0 Å². The lowest BCUT2D eigenvalue weighted by atomic mass is 9.99. The Morgan fingerprint density at radius 2 is 1.29 bits per heavy atom. The number of benzene rings is 1. The number of rotatable bonds is 15. The van der Waals surface area contributed by atoms with Crippen LogP contribution in [0, 0.1) is 0 Å². The summed E-state index contributed by atoms with van der Waals surface area (Å²) < 4.78 is 98.3. The van der Waals surface area contributed by atoms with Crippen LogP contribution in [0.2, 0.25) is 0 Å². The number of aliphatic hydroxyl groups is 2. The quantitative estimate of drug-likeness (QED) is 0.270. The van der Waals surface area contributed by atoms with Crippen molar-refractivity contribution in [3.8, 4) is 5.75 Å². The van der Waals surface area contributed by atoms with Crippen molar-refractivity contribution < 1.29 is 55.5 Å². The maximum atomic E-state index is 12.9. The molecule has 1 aromatic rings. The van der Waals surface area contributed by atoms with Crippen molar-refractivity contribution >= 4 is 0 Å². The minimum absolute atomic E-state index is 0.0184. The molecule has 0 spiro atoms. The molecule has 0 bridgehead atoms. The summed E-state index contributed by atoms with van der Waals surface area (Å²) in [5, 5.41) is 19.7. The maximum absolute atomic E-state index is 12.9. The minimum Gasteiger partial charge on any atom is -0.491 e. The molecule has 2 N–H and O–H groups in total. The van der Waals surface area contributed by atoms with E-state index in [4.69, 9.17) is 18.9 Å². The molecule has 1 aromatic carbocycles. The van der Waals surface area contributed by atoms with Crippen molar-refractivity contribution in [3.63, 3.8) is 0 Å². The molecule has 0 fully saturated rings. The first-order valence-electron chi connectivity index (χ1n) is 10.8. The van der Waals surface area contributed by atoms with Gasteiger partial charge in [0.05, 0.1) is 36.5 Å². The fourth-order valence-corrected chi connectivity index (χ4v) is 2.85. The van der Waals surface area contributed by atoms with Crippen molar-refractivity contribution in [3.05, 3.63) is 29.3 Å². The molecule has 3 atom stereocenters. The Labute approximate surface area is 194 Å². The normalized spacial score (nSPS) is 16.2. The molecule has 0 radical (unpaired) electrons. The third kappa shape index (κ3) is 11.2. The monoisotopic (exact) mass is 506 g/mol. The predicted octanol–water partition coefficient (Wildman–Crippen LogP) is 4.45. The van der Waals surface area contributed by atoms with Crippen molar-refractivity contribution in [2.75, 3.05) is 39.6 Å². The van der Waals surface area contributed by atoms with E-state index >= 15 is 0 Å². The summed E-state index contributed by atoms with van der Waals surface area (Å²) >= 11 is 0. The minimum atomic E-state index is -5.00. The van der Waals surface area contributed by atoms with Crippen LogP contribution < -0.4 is 4.74 Å². The molecule has 0 heterocycles. The first kappa shape index (κ1) is 30.4. The lowest BCUT2D eigenvalue weighted by molar-refractivity contribution is -0.143. The summed E-state index contributed by atoms with van der Waals surface area (Å²) in [5.41, 5.74) is -3.36. The van der Waals surface area contributed by atoms with E-state index < -0.39 is 48.0 Å². The van der Waals surface area contributed by atoms with E-state index in [2.05, 4.69) is 0 Å². The van der Waals surface area contributed by atoms with Gasteiger partial charge in [-0.1, -0.05) is 6.92 Å². The standard InChI is InChI=1S/C22H32F6O6/c1-4-20(3,34-5-2)6-7-31-11-17(29)12-32-13-18(30)14-33-19-9-15(21(23,24)25)8-16(10-19)22(26,27)28/h8-10,17-18,29-30H,4-7,11-14H2,1-3H3. The van der Waals surface area contributed by atoms with Gasteiger partial charge < -0.3 is 29.2 Å².